The molecule has 0 aromatic rings. The molecule has 21 heavy (non-hydrogen) atoms. The van der Waals surface area contributed by atoms with Crippen LogP contribution in [-0.4, -0.2) is 30.4 Å². The zero-order valence-corrected chi connectivity index (χ0v) is 13.4. The minimum absolute atomic E-state index is 0.219. The SMILES string of the molecule is CN(C(=O)C1(CN)CCCC1)C1C2CC3CC(C2)CC1C3. The number of amides is 1. The molecule has 0 atom stereocenters. The predicted molar refractivity (Wildman–Crippen MR) is 83.6 cm³/mol. The molecule has 0 saturated heterocycles. The third-order valence-electron chi connectivity index (χ3n) is 7.35. The molecule has 1 amide bonds. The van der Waals surface area contributed by atoms with Crippen molar-refractivity contribution in [1.29, 1.82) is 0 Å². The van der Waals surface area contributed by atoms with Crippen molar-refractivity contribution in [3.8, 4) is 0 Å². The van der Waals surface area contributed by atoms with E-state index in [0.717, 1.165) is 36.5 Å². The largest absolute Gasteiger partial charge is 0.342 e. The van der Waals surface area contributed by atoms with Gasteiger partial charge in [0.1, 0.15) is 0 Å². The third kappa shape index (κ3) is 2.07. The fourth-order valence-electron chi connectivity index (χ4n) is 6.60. The van der Waals surface area contributed by atoms with E-state index in [1.807, 2.05) is 0 Å². The van der Waals surface area contributed by atoms with Gasteiger partial charge < -0.3 is 10.6 Å². The van der Waals surface area contributed by atoms with Crippen molar-refractivity contribution in [3.05, 3.63) is 0 Å². The number of nitrogens with zero attached hydrogens (tertiary/aromatic N) is 1. The van der Waals surface area contributed by atoms with Gasteiger partial charge in [-0.1, -0.05) is 12.8 Å². The minimum atomic E-state index is -0.219. The summed E-state index contributed by atoms with van der Waals surface area (Å²) in [4.78, 5) is 15.3. The molecule has 3 heteroatoms. The first-order valence-electron chi connectivity index (χ1n) is 9.10. The summed E-state index contributed by atoms with van der Waals surface area (Å²) in [6.45, 7) is 0.545. The van der Waals surface area contributed by atoms with Gasteiger partial charge in [-0.05, 0) is 68.6 Å². The van der Waals surface area contributed by atoms with Crippen molar-refractivity contribution in [2.75, 3.05) is 13.6 Å². The summed E-state index contributed by atoms with van der Waals surface area (Å²) >= 11 is 0. The first kappa shape index (κ1) is 14.0. The van der Waals surface area contributed by atoms with Gasteiger partial charge in [-0.25, -0.2) is 0 Å². The Balaban J connectivity index is 1.54. The smallest absolute Gasteiger partial charge is 0.230 e. The fourth-order valence-corrected chi connectivity index (χ4v) is 6.60. The Morgan fingerprint density at radius 2 is 1.57 bits per heavy atom. The number of nitrogens with two attached hydrogens (primary N) is 1. The van der Waals surface area contributed by atoms with Crippen molar-refractivity contribution in [2.45, 2.75) is 63.8 Å². The normalized spacial score (nSPS) is 43.2. The highest BCUT2D eigenvalue weighted by molar-refractivity contribution is 5.83. The summed E-state index contributed by atoms with van der Waals surface area (Å²) in [5, 5.41) is 0. The molecule has 118 valence electrons. The van der Waals surface area contributed by atoms with E-state index in [2.05, 4.69) is 11.9 Å². The number of rotatable bonds is 3. The minimum Gasteiger partial charge on any atom is -0.342 e. The third-order valence-corrected chi connectivity index (χ3v) is 7.35. The first-order chi connectivity index (χ1) is 10.1. The molecule has 5 rings (SSSR count). The Morgan fingerprint density at radius 1 is 1.05 bits per heavy atom. The second-order valence-corrected chi connectivity index (χ2v) is 8.53. The highest BCUT2D eigenvalue weighted by Gasteiger charge is 2.52. The Labute approximate surface area is 128 Å². The van der Waals surface area contributed by atoms with Crippen molar-refractivity contribution in [3.63, 3.8) is 0 Å². The standard InChI is InChI=1S/C18H30N2O/c1-20(17(21)18(11-19)4-2-3-5-18)16-14-7-12-6-13(9-14)10-15(16)8-12/h12-16H,2-11,19H2,1H3. The van der Waals surface area contributed by atoms with Gasteiger partial charge >= 0.3 is 0 Å². The van der Waals surface area contributed by atoms with E-state index in [4.69, 9.17) is 5.73 Å². The predicted octanol–water partition coefficient (Wildman–Crippen LogP) is 2.79. The summed E-state index contributed by atoms with van der Waals surface area (Å²) < 4.78 is 0. The Morgan fingerprint density at radius 3 is 2.05 bits per heavy atom. The molecule has 5 aliphatic carbocycles. The van der Waals surface area contributed by atoms with E-state index in [-0.39, 0.29) is 5.41 Å². The Bertz CT molecular complexity index is 399. The number of hydrogen-bond donors (Lipinski definition) is 1. The molecular weight excluding hydrogens is 260 g/mol. The fraction of sp³-hybridized carbons (Fsp3) is 0.944. The van der Waals surface area contributed by atoms with Crippen LogP contribution in [0.2, 0.25) is 0 Å². The van der Waals surface area contributed by atoms with Gasteiger partial charge in [-0.15, -0.1) is 0 Å². The van der Waals surface area contributed by atoms with Crippen molar-refractivity contribution in [1.82, 2.24) is 4.90 Å². The molecule has 5 saturated carbocycles. The number of carbonyl (C=O) groups excluding carboxylic acids is 1. The first-order valence-corrected chi connectivity index (χ1v) is 9.10. The van der Waals surface area contributed by atoms with Crippen LogP contribution in [0.4, 0.5) is 0 Å². The van der Waals surface area contributed by atoms with Crippen LogP contribution in [0.3, 0.4) is 0 Å². The molecule has 5 aliphatic rings. The maximum atomic E-state index is 13.2. The van der Waals surface area contributed by atoms with Crippen molar-refractivity contribution < 1.29 is 4.79 Å². The van der Waals surface area contributed by atoms with Gasteiger partial charge in [-0.3, -0.25) is 4.79 Å². The average molecular weight is 290 g/mol. The van der Waals surface area contributed by atoms with Crippen LogP contribution in [0.5, 0.6) is 0 Å². The Kier molecular flexibility index (Phi) is 3.33. The zero-order chi connectivity index (χ0) is 14.6. The summed E-state index contributed by atoms with van der Waals surface area (Å²) in [6.07, 6.45) is 11.4. The van der Waals surface area contributed by atoms with Gasteiger partial charge in [0.05, 0.1) is 5.41 Å². The van der Waals surface area contributed by atoms with Crippen LogP contribution in [0.15, 0.2) is 0 Å². The van der Waals surface area contributed by atoms with Crippen molar-refractivity contribution >= 4 is 5.91 Å². The van der Waals surface area contributed by atoms with Crippen LogP contribution in [0.25, 0.3) is 0 Å². The van der Waals surface area contributed by atoms with Crippen LogP contribution in [0.1, 0.15) is 57.8 Å². The van der Waals surface area contributed by atoms with Gasteiger partial charge in [-0.2, -0.15) is 0 Å². The highest BCUT2D eigenvalue weighted by atomic mass is 16.2. The Hall–Kier alpha value is -0.570. The van der Waals surface area contributed by atoms with Crippen LogP contribution >= 0.6 is 0 Å². The van der Waals surface area contributed by atoms with E-state index in [1.165, 1.54) is 44.9 Å². The lowest BCUT2D eigenvalue weighted by Gasteiger charge is -2.57. The molecule has 0 heterocycles. The molecule has 2 N–H and O–H groups in total. The molecule has 0 unspecified atom stereocenters. The van der Waals surface area contributed by atoms with Gasteiger partial charge in [0.15, 0.2) is 0 Å². The average Bonchev–Trinajstić information content (AvgIpc) is 2.95. The molecule has 0 aliphatic heterocycles. The zero-order valence-electron chi connectivity index (χ0n) is 13.4. The molecule has 0 aromatic heterocycles. The molecule has 3 nitrogen and oxygen atoms in total. The van der Waals surface area contributed by atoms with Gasteiger partial charge in [0, 0.05) is 19.6 Å². The van der Waals surface area contributed by atoms with Crippen LogP contribution in [-0.2, 0) is 4.79 Å². The molecule has 4 bridgehead atoms. The van der Waals surface area contributed by atoms with E-state index in [1.54, 1.807) is 0 Å². The summed E-state index contributed by atoms with van der Waals surface area (Å²) in [5.41, 5.74) is 5.82. The van der Waals surface area contributed by atoms with E-state index < -0.39 is 0 Å². The highest BCUT2D eigenvalue weighted by Crippen LogP contribution is 2.55. The number of hydrogen-bond acceptors (Lipinski definition) is 2. The van der Waals surface area contributed by atoms with Gasteiger partial charge in [0.25, 0.3) is 0 Å². The van der Waals surface area contributed by atoms with Crippen LogP contribution < -0.4 is 5.73 Å². The van der Waals surface area contributed by atoms with E-state index in [9.17, 15) is 4.79 Å². The topological polar surface area (TPSA) is 46.3 Å². The summed E-state index contributed by atoms with van der Waals surface area (Å²) in [7, 11) is 2.09. The molecule has 0 spiro atoms. The molecule has 0 aromatic carbocycles. The second-order valence-electron chi connectivity index (χ2n) is 8.53. The van der Waals surface area contributed by atoms with Gasteiger partial charge in [0.2, 0.25) is 5.91 Å². The number of carbonyl (C=O) groups is 1. The second kappa shape index (κ2) is 4.97. The summed E-state index contributed by atoms with van der Waals surface area (Å²) in [6, 6.07) is 0.523. The van der Waals surface area contributed by atoms with E-state index >= 15 is 0 Å². The monoisotopic (exact) mass is 290 g/mol. The summed E-state index contributed by atoms with van der Waals surface area (Å²) in [5.74, 6) is 3.89. The molecule has 5 fully saturated rings. The lowest BCUT2D eigenvalue weighted by molar-refractivity contribution is -0.151. The maximum Gasteiger partial charge on any atom is 0.230 e. The quantitative estimate of drug-likeness (QED) is 0.869. The lowest BCUT2D eigenvalue weighted by Crippen LogP contribution is -2.59. The van der Waals surface area contributed by atoms with E-state index in [0.29, 0.717) is 18.5 Å². The lowest BCUT2D eigenvalue weighted by atomic mass is 9.53. The molecular formula is C18H30N2O. The molecule has 0 radical (unpaired) electrons. The van der Waals surface area contributed by atoms with Crippen LogP contribution in [0, 0.1) is 29.1 Å². The maximum absolute atomic E-state index is 13.2. The van der Waals surface area contributed by atoms with Crippen molar-refractivity contribution in [2.24, 2.45) is 34.8 Å².